The fourth-order valence-electron chi connectivity index (χ4n) is 2.85. The normalized spacial score (nSPS) is 16.6. The van der Waals surface area contributed by atoms with E-state index in [4.69, 9.17) is 0 Å². The van der Waals surface area contributed by atoms with Gasteiger partial charge in [-0.15, -0.1) is 5.75 Å². The average Bonchev–Trinajstić information content (AvgIpc) is 2.65. The summed E-state index contributed by atoms with van der Waals surface area (Å²) in [5.74, 6) is 1.57. The van der Waals surface area contributed by atoms with Crippen molar-refractivity contribution in [1.82, 2.24) is 0 Å². The molecule has 0 amide bonds. The zero-order chi connectivity index (χ0) is 17.9. The summed E-state index contributed by atoms with van der Waals surface area (Å²) in [5.41, 5.74) is 6.43. The van der Waals surface area contributed by atoms with Crippen LogP contribution in [0, 0.1) is 5.92 Å². The molecule has 1 nitrogen and oxygen atoms in total. The zero-order valence-electron chi connectivity index (χ0n) is 16.6. The molecule has 0 radical (unpaired) electrons. The number of allylic oxidation sites excluding steroid dienone is 4. The number of para-hydroxylation sites is 1. The first-order chi connectivity index (χ1) is 10.6. The van der Waals surface area contributed by atoms with Gasteiger partial charge in [0.2, 0.25) is 0 Å². The van der Waals surface area contributed by atoms with Crippen LogP contribution in [0.3, 0.4) is 0 Å². The largest absolute Gasteiger partial charge is 1.00 e. The van der Waals surface area contributed by atoms with E-state index in [0.29, 0.717) is 17.8 Å². The van der Waals surface area contributed by atoms with E-state index in [1.54, 1.807) is 9.45 Å². The molecular formula is C21H30Cl2OTi. The summed E-state index contributed by atoms with van der Waals surface area (Å²) in [6, 6.07) is 5.84. The number of halogens is 2. The van der Waals surface area contributed by atoms with Crippen molar-refractivity contribution in [2.24, 2.45) is 5.92 Å². The maximum Gasteiger partial charge on any atom is -1.00 e. The molecule has 0 aromatic heterocycles. The van der Waals surface area contributed by atoms with Gasteiger partial charge in [0.25, 0.3) is 0 Å². The van der Waals surface area contributed by atoms with Crippen LogP contribution < -0.4 is 29.9 Å². The molecule has 0 aliphatic heterocycles. The Kier molecular flexibility index (Phi) is 12.4. The van der Waals surface area contributed by atoms with E-state index in [9.17, 15) is 5.11 Å². The Bertz CT molecular complexity index is 581. The molecule has 1 aliphatic carbocycles. The monoisotopic (exact) mass is 416 g/mol. The molecule has 0 saturated heterocycles. The van der Waals surface area contributed by atoms with E-state index in [1.807, 2.05) is 18.2 Å². The molecule has 0 fully saturated rings. The molecule has 1 aliphatic rings. The van der Waals surface area contributed by atoms with Crippen molar-refractivity contribution in [1.29, 1.82) is 0 Å². The van der Waals surface area contributed by atoms with Crippen molar-refractivity contribution in [3.8, 4) is 5.75 Å². The maximum atomic E-state index is 11.9. The Morgan fingerprint density at radius 1 is 0.880 bits per heavy atom. The van der Waals surface area contributed by atoms with Gasteiger partial charge in [0, 0.05) is 0 Å². The number of hydrogen-bond donors (Lipinski definition) is 0. The molecule has 0 saturated carbocycles. The van der Waals surface area contributed by atoms with E-state index >= 15 is 0 Å². The second-order valence-corrected chi connectivity index (χ2v) is 7.98. The van der Waals surface area contributed by atoms with Crippen LogP contribution in [-0.2, 0) is 20.4 Å². The van der Waals surface area contributed by atoms with Crippen LogP contribution in [0.2, 0.25) is 0 Å². The molecule has 0 bridgehead atoms. The summed E-state index contributed by atoms with van der Waals surface area (Å²) in [7, 11) is 0. The van der Waals surface area contributed by atoms with Gasteiger partial charge in [-0.3, -0.25) is 0 Å². The Hall–Kier alpha value is -0.206. The molecule has 0 spiro atoms. The van der Waals surface area contributed by atoms with Gasteiger partial charge in [-0.25, -0.2) is 0 Å². The Morgan fingerprint density at radius 2 is 1.28 bits per heavy atom. The van der Waals surface area contributed by atoms with E-state index in [1.165, 1.54) is 11.1 Å². The smallest absolute Gasteiger partial charge is 1.00 e. The molecule has 0 heterocycles. The first kappa shape index (κ1) is 27.0. The molecule has 1 atom stereocenters. The summed E-state index contributed by atoms with van der Waals surface area (Å²) in [4.78, 5) is 0. The Balaban J connectivity index is 0. The van der Waals surface area contributed by atoms with Crippen LogP contribution in [0.15, 0.2) is 38.8 Å². The fourth-order valence-corrected chi connectivity index (χ4v) is 3.48. The Labute approximate surface area is 178 Å². The van der Waals surface area contributed by atoms with Gasteiger partial charge in [-0.1, -0.05) is 57.0 Å². The summed E-state index contributed by atoms with van der Waals surface area (Å²) in [6.45, 7) is 17.2. The second kappa shape index (κ2) is 11.5. The summed E-state index contributed by atoms with van der Waals surface area (Å²) >= 11 is 2.24. The summed E-state index contributed by atoms with van der Waals surface area (Å²) < 4.78 is 1.55. The standard InChI is InChI=1S/C12H18O.C9H13.2ClH.Ti/c1-8(2)10-6-5-7-11(9(3)4)12(10)13;1-6-5-7(2)9(4)8(6)3;;;/h5-9,13H,1-4H3;6H,1-4H3;2*1H;/q;;;;+3/p-3. The molecule has 0 N–H and O–H groups in total. The number of hydrogen-bond acceptors (Lipinski definition) is 1. The van der Waals surface area contributed by atoms with Crippen LogP contribution in [0.4, 0.5) is 0 Å². The van der Waals surface area contributed by atoms with Gasteiger partial charge in [-0.05, 0) is 11.8 Å². The predicted molar refractivity (Wildman–Crippen MR) is 94.3 cm³/mol. The minimum atomic E-state index is 0. The van der Waals surface area contributed by atoms with Gasteiger partial charge in [0.1, 0.15) is 0 Å². The van der Waals surface area contributed by atoms with Gasteiger partial charge < -0.3 is 29.9 Å². The van der Waals surface area contributed by atoms with E-state index < -0.39 is 0 Å². The van der Waals surface area contributed by atoms with E-state index in [0.717, 1.165) is 11.1 Å². The minimum Gasteiger partial charge on any atom is -1.00 e. The second-order valence-electron chi connectivity index (χ2n) is 7.14. The van der Waals surface area contributed by atoms with Crippen molar-refractivity contribution in [2.45, 2.75) is 67.2 Å². The van der Waals surface area contributed by atoms with E-state index in [2.05, 4.69) is 75.8 Å². The number of benzene rings is 1. The molecule has 1 unspecified atom stereocenters. The Morgan fingerprint density at radius 3 is 1.48 bits per heavy atom. The van der Waals surface area contributed by atoms with Crippen LogP contribution >= 0.6 is 0 Å². The van der Waals surface area contributed by atoms with Gasteiger partial charge in [0.15, 0.2) is 0 Å². The topological polar surface area (TPSA) is 23.1 Å². The third-order valence-corrected chi connectivity index (χ3v) is 6.22. The van der Waals surface area contributed by atoms with Crippen LogP contribution in [0.25, 0.3) is 0 Å². The molecule has 138 valence electrons. The molecular weight excluding hydrogens is 387 g/mol. The minimum absolute atomic E-state index is 0. The van der Waals surface area contributed by atoms with Gasteiger partial charge >= 0.3 is 74.6 Å². The molecule has 4 heteroatoms. The number of rotatable bonds is 2. The third kappa shape index (κ3) is 6.47. The molecule has 1 aromatic rings. The van der Waals surface area contributed by atoms with Crippen molar-refractivity contribution in [3.05, 3.63) is 49.9 Å². The zero-order valence-corrected chi connectivity index (χ0v) is 19.7. The first-order valence-electron chi connectivity index (χ1n) is 8.49. The summed E-state index contributed by atoms with van der Waals surface area (Å²) in [6.07, 6.45) is 0. The predicted octanol–water partition coefficient (Wildman–Crippen LogP) is -0.192. The van der Waals surface area contributed by atoms with Crippen LogP contribution in [0.1, 0.15) is 78.4 Å². The fraction of sp³-hybridized carbons (Fsp3) is 0.524. The summed E-state index contributed by atoms with van der Waals surface area (Å²) in [5, 5.41) is 11.9. The first-order valence-corrected chi connectivity index (χ1v) is 9.27. The maximum absolute atomic E-state index is 11.9. The average molecular weight is 417 g/mol. The SMILES string of the molecule is CC(C)c1cccc(C(C)C)c1[O-].CC1=C(C)C(C)[C]([Ti+3])=C1C.[Cl-].[Cl-]. The van der Waals surface area contributed by atoms with Gasteiger partial charge in [-0.2, -0.15) is 0 Å². The quantitative estimate of drug-likeness (QED) is 0.612. The molecule has 25 heavy (non-hydrogen) atoms. The van der Waals surface area contributed by atoms with Gasteiger partial charge in [0.05, 0.1) is 0 Å². The van der Waals surface area contributed by atoms with Crippen molar-refractivity contribution in [2.75, 3.05) is 0 Å². The molecule has 2 rings (SSSR count). The van der Waals surface area contributed by atoms with Crippen molar-refractivity contribution < 1.29 is 50.4 Å². The van der Waals surface area contributed by atoms with Crippen LogP contribution in [-0.4, -0.2) is 0 Å². The van der Waals surface area contributed by atoms with Crippen LogP contribution in [0.5, 0.6) is 5.75 Å². The molecule has 1 aromatic carbocycles. The van der Waals surface area contributed by atoms with Crippen molar-refractivity contribution >= 4 is 0 Å². The van der Waals surface area contributed by atoms with E-state index in [-0.39, 0.29) is 30.6 Å². The third-order valence-electron chi connectivity index (χ3n) is 4.96. The van der Waals surface area contributed by atoms with Crippen molar-refractivity contribution in [3.63, 3.8) is 0 Å².